The molecule has 0 spiro atoms. The molecule has 2 rings (SSSR count). The number of nitrogens with two attached hydrogens (primary N) is 1. The fourth-order valence-corrected chi connectivity index (χ4v) is 1.64. The van der Waals surface area contributed by atoms with Gasteiger partial charge in [0.05, 0.1) is 6.54 Å². The van der Waals surface area contributed by atoms with E-state index in [1.54, 1.807) is 6.92 Å². The molecule has 1 aromatic heterocycles. The Bertz CT molecular complexity index is 667. The first-order chi connectivity index (χ1) is 10.8. The first-order valence-electron chi connectivity index (χ1n) is 6.54. The molecule has 0 unspecified atom stereocenters. The molecule has 124 valence electrons. The fourth-order valence-electron chi connectivity index (χ4n) is 1.64. The molecular formula is C13H14F3N5O2. The summed E-state index contributed by atoms with van der Waals surface area (Å²) in [6, 6.07) is 5.13. The monoisotopic (exact) mass is 329 g/mol. The zero-order valence-electron chi connectivity index (χ0n) is 12.1. The van der Waals surface area contributed by atoms with Crippen molar-refractivity contribution in [3.63, 3.8) is 0 Å². The van der Waals surface area contributed by atoms with Gasteiger partial charge in [0.25, 0.3) is 0 Å². The lowest BCUT2D eigenvalue weighted by molar-refractivity contribution is -0.274. The molecule has 10 heteroatoms. The van der Waals surface area contributed by atoms with Crippen LogP contribution < -0.4 is 15.8 Å². The van der Waals surface area contributed by atoms with Crippen LogP contribution in [0.1, 0.15) is 11.7 Å². The molecule has 23 heavy (non-hydrogen) atoms. The first kappa shape index (κ1) is 16.6. The van der Waals surface area contributed by atoms with Crippen LogP contribution in [0.4, 0.5) is 18.9 Å². The van der Waals surface area contributed by atoms with E-state index in [1.807, 2.05) is 0 Å². The van der Waals surface area contributed by atoms with E-state index in [9.17, 15) is 13.2 Å². The molecule has 1 aromatic carbocycles. The Balaban J connectivity index is 1.84. The molecule has 0 aliphatic carbocycles. The van der Waals surface area contributed by atoms with Crippen molar-refractivity contribution in [3.05, 3.63) is 36.0 Å². The number of guanidine groups is 1. The van der Waals surface area contributed by atoms with E-state index in [-0.39, 0.29) is 11.7 Å². The summed E-state index contributed by atoms with van der Waals surface area (Å²) in [5, 5.41) is 6.39. The maximum Gasteiger partial charge on any atom is 0.573 e. The lowest BCUT2D eigenvalue weighted by atomic mass is 10.3. The van der Waals surface area contributed by atoms with Gasteiger partial charge in [-0.15, -0.1) is 13.2 Å². The number of nitrogens with one attached hydrogen (secondary N) is 1. The number of halogens is 3. The molecule has 0 amide bonds. The van der Waals surface area contributed by atoms with E-state index >= 15 is 0 Å². The predicted molar refractivity (Wildman–Crippen MR) is 76.0 cm³/mol. The van der Waals surface area contributed by atoms with Crippen molar-refractivity contribution in [1.29, 1.82) is 0 Å². The highest BCUT2D eigenvalue weighted by Crippen LogP contribution is 2.23. The smallest absolute Gasteiger partial charge is 0.406 e. The average molecular weight is 329 g/mol. The van der Waals surface area contributed by atoms with Crippen LogP contribution in [0.2, 0.25) is 0 Å². The predicted octanol–water partition coefficient (Wildman–Crippen LogP) is 2.25. The summed E-state index contributed by atoms with van der Waals surface area (Å²) in [4.78, 5) is 8.07. The number of ether oxygens (including phenoxy) is 1. The Hall–Kier alpha value is -2.78. The highest BCUT2D eigenvalue weighted by molar-refractivity contribution is 5.92. The second kappa shape index (κ2) is 6.99. The zero-order valence-corrected chi connectivity index (χ0v) is 12.1. The van der Waals surface area contributed by atoms with Gasteiger partial charge in [-0.1, -0.05) is 5.16 Å². The van der Waals surface area contributed by atoms with Gasteiger partial charge in [0, 0.05) is 12.1 Å². The van der Waals surface area contributed by atoms with E-state index in [2.05, 4.69) is 25.2 Å². The second-order valence-corrected chi connectivity index (χ2v) is 4.45. The number of rotatable bonds is 5. The maximum atomic E-state index is 12.0. The molecule has 0 atom stereocenters. The van der Waals surface area contributed by atoms with Gasteiger partial charge in [0.15, 0.2) is 11.8 Å². The van der Waals surface area contributed by atoms with Crippen molar-refractivity contribution in [2.45, 2.75) is 19.7 Å². The molecule has 3 N–H and O–H groups in total. The quantitative estimate of drug-likeness (QED) is 0.645. The third kappa shape index (κ3) is 5.85. The minimum Gasteiger partial charge on any atom is -0.406 e. The average Bonchev–Trinajstić information content (AvgIpc) is 2.85. The highest BCUT2D eigenvalue weighted by atomic mass is 19.4. The van der Waals surface area contributed by atoms with Crippen LogP contribution in [0.25, 0.3) is 0 Å². The number of benzene rings is 1. The Morgan fingerprint density at radius 2 is 2.04 bits per heavy atom. The Labute approximate surface area is 129 Å². The zero-order chi connectivity index (χ0) is 16.9. The van der Waals surface area contributed by atoms with Crippen LogP contribution in [0.15, 0.2) is 33.8 Å². The van der Waals surface area contributed by atoms with Crippen molar-refractivity contribution in [1.82, 2.24) is 10.1 Å². The largest absolute Gasteiger partial charge is 0.573 e. The van der Waals surface area contributed by atoms with E-state index in [0.717, 1.165) is 0 Å². The minimum absolute atomic E-state index is 0.116. The third-order valence-electron chi connectivity index (χ3n) is 2.54. The number of aliphatic imine (C=N–C) groups is 1. The van der Waals surface area contributed by atoms with Gasteiger partial charge in [0.2, 0.25) is 5.89 Å². The van der Waals surface area contributed by atoms with Crippen molar-refractivity contribution in [2.24, 2.45) is 10.7 Å². The first-order valence-corrected chi connectivity index (χ1v) is 6.54. The lowest BCUT2D eigenvalue weighted by Crippen LogP contribution is -2.23. The molecular weight excluding hydrogens is 315 g/mol. The SMILES string of the molecule is Cc1noc(CCN=C(N)Nc2ccc(OC(F)(F)F)cc2)n1. The van der Waals surface area contributed by atoms with Gasteiger partial charge < -0.3 is 20.3 Å². The fraction of sp³-hybridized carbons (Fsp3) is 0.308. The number of hydrogen-bond acceptors (Lipinski definition) is 5. The maximum absolute atomic E-state index is 12.0. The standard InChI is InChI=1S/C13H14F3N5O2/c1-8-19-11(23-21-8)6-7-18-12(17)20-9-2-4-10(5-3-9)22-13(14,15)16/h2-5H,6-7H2,1H3,(H3,17,18,20). The van der Waals surface area contributed by atoms with Crippen LogP contribution >= 0.6 is 0 Å². The van der Waals surface area contributed by atoms with Crippen LogP contribution in [0.5, 0.6) is 5.75 Å². The lowest BCUT2D eigenvalue weighted by Gasteiger charge is -2.10. The summed E-state index contributed by atoms with van der Waals surface area (Å²) in [5.41, 5.74) is 6.16. The van der Waals surface area contributed by atoms with E-state index in [1.165, 1.54) is 24.3 Å². The summed E-state index contributed by atoms with van der Waals surface area (Å²) < 4.78 is 44.8. The molecule has 2 aromatic rings. The number of alkyl halides is 3. The Morgan fingerprint density at radius 3 is 2.61 bits per heavy atom. The molecule has 0 radical (unpaired) electrons. The van der Waals surface area contributed by atoms with Crippen LogP contribution in [-0.2, 0) is 6.42 Å². The van der Waals surface area contributed by atoms with E-state index in [4.69, 9.17) is 10.3 Å². The summed E-state index contributed by atoms with van der Waals surface area (Å²) in [6.45, 7) is 2.04. The minimum atomic E-state index is -4.72. The number of anilines is 1. The molecule has 0 aliphatic rings. The molecule has 0 saturated carbocycles. The molecule has 0 saturated heterocycles. The molecule has 1 heterocycles. The van der Waals surface area contributed by atoms with Crippen molar-refractivity contribution in [2.75, 3.05) is 11.9 Å². The molecule has 0 bridgehead atoms. The van der Waals surface area contributed by atoms with Gasteiger partial charge in [-0.25, -0.2) is 0 Å². The third-order valence-corrected chi connectivity index (χ3v) is 2.54. The molecule has 0 fully saturated rings. The van der Waals surface area contributed by atoms with E-state index < -0.39 is 6.36 Å². The van der Waals surface area contributed by atoms with Crippen LogP contribution in [0.3, 0.4) is 0 Å². The van der Waals surface area contributed by atoms with Crippen molar-refractivity contribution < 1.29 is 22.4 Å². The van der Waals surface area contributed by atoms with E-state index in [0.29, 0.717) is 30.4 Å². The van der Waals surface area contributed by atoms with Crippen molar-refractivity contribution >= 4 is 11.6 Å². The summed E-state index contributed by atoms with van der Waals surface area (Å²) in [6.07, 6.45) is -4.29. The topological polar surface area (TPSA) is 98.6 Å². The number of aryl methyl sites for hydroxylation is 1. The van der Waals surface area contributed by atoms with Gasteiger partial charge in [-0.05, 0) is 31.2 Å². The highest BCUT2D eigenvalue weighted by Gasteiger charge is 2.30. The van der Waals surface area contributed by atoms with Gasteiger partial charge in [0.1, 0.15) is 5.75 Å². The summed E-state index contributed by atoms with van der Waals surface area (Å²) >= 11 is 0. The number of hydrogen-bond donors (Lipinski definition) is 2. The van der Waals surface area contributed by atoms with Gasteiger partial charge in [-0.2, -0.15) is 4.98 Å². The van der Waals surface area contributed by atoms with Crippen molar-refractivity contribution in [3.8, 4) is 5.75 Å². The normalized spacial score (nSPS) is 12.3. The molecule has 7 nitrogen and oxygen atoms in total. The van der Waals surface area contributed by atoms with Crippen LogP contribution in [0, 0.1) is 6.92 Å². The summed E-state index contributed by atoms with van der Waals surface area (Å²) in [7, 11) is 0. The molecule has 0 aliphatic heterocycles. The Morgan fingerprint density at radius 1 is 1.35 bits per heavy atom. The van der Waals surface area contributed by atoms with Crippen LogP contribution in [-0.4, -0.2) is 29.0 Å². The van der Waals surface area contributed by atoms with Gasteiger partial charge >= 0.3 is 6.36 Å². The number of aromatic nitrogens is 2. The van der Waals surface area contributed by atoms with Gasteiger partial charge in [-0.3, -0.25) is 4.99 Å². The second-order valence-electron chi connectivity index (χ2n) is 4.45. The Kier molecular flexibility index (Phi) is 5.04. The number of nitrogens with zero attached hydrogens (tertiary/aromatic N) is 3. The summed E-state index contributed by atoms with van der Waals surface area (Å²) in [5.74, 6) is 0.792.